The molecule has 1 aliphatic rings. The Morgan fingerprint density at radius 3 is 2.36 bits per heavy atom. The van der Waals surface area contributed by atoms with Crippen LogP contribution in [0.15, 0.2) is 47.4 Å². The summed E-state index contributed by atoms with van der Waals surface area (Å²) in [6, 6.07) is 11.4. The average molecular weight is 443 g/mol. The molecule has 9 heteroatoms. The van der Waals surface area contributed by atoms with Crippen LogP contribution in [0.4, 0.5) is 5.69 Å². The maximum absolute atomic E-state index is 12.9. The predicted octanol–water partition coefficient (Wildman–Crippen LogP) is 3.48. The van der Waals surface area contributed by atoms with E-state index in [0.717, 1.165) is 11.1 Å². The highest BCUT2D eigenvalue weighted by Crippen LogP contribution is 2.28. The first-order valence-corrected chi connectivity index (χ1v) is 12.4. The van der Waals surface area contributed by atoms with Crippen molar-refractivity contribution in [2.75, 3.05) is 17.0 Å². The van der Waals surface area contributed by atoms with Crippen molar-refractivity contribution in [2.45, 2.75) is 31.7 Å². The van der Waals surface area contributed by atoms with Crippen molar-refractivity contribution in [2.24, 2.45) is 5.92 Å². The molecule has 1 N–H and O–H groups in total. The molecule has 0 amide bonds. The minimum absolute atomic E-state index is 0.00939. The molecule has 0 saturated heterocycles. The molecule has 1 aliphatic heterocycles. The van der Waals surface area contributed by atoms with Crippen LogP contribution in [0.2, 0.25) is 5.02 Å². The largest absolute Gasteiger partial charge is 0.284 e. The van der Waals surface area contributed by atoms with Gasteiger partial charge in [0.1, 0.15) is 0 Å². The molecule has 6 nitrogen and oxygen atoms in total. The molecule has 0 spiro atoms. The van der Waals surface area contributed by atoms with Crippen molar-refractivity contribution in [3.05, 3.63) is 58.6 Å². The molecule has 0 bridgehead atoms. The van der Waals surface area contributed by atoms with Crippen LogP contribution in [0.1, 0.15) is 25.0 Å². The molecule has 0 atom stereocenters. The van der Waals surface area contributed by atoms with Gasteiger partial charge in [0.25, 0.3) is 0 Å². The first kappa shape index (κ1) is 21.1. The van der Waals surface area contributed by atoms with E-state index in [-0.39, 0.29) is 23.1 Å². The molecule has 0 radical (unpaired) electrons. The molecule has 0 unspecified atom stereocenters. The van der Waals surface area contributed by atoms with Gasteiger partial charge in [0.15, 0.2) is 0 Å². The lowest BCUT2D eigenvalue weighted by molar-refractivity contribution is 0.391. The fourth-order valence-corrected chi connectivity index (χ4v) is 6.21. The quantitative estimate of drug-likeness (QED) is 0.742. The number of halogens is 1. The molecule has 2 aromatic carbocycles. The van der Waals surface area contributed by atoms with Gasteiger partial charge in [-0.2, -0.15) is 4.31 Å². The number of nitrogens with zero attached hydrogens (tertiary/aromatic N) is 1. The number of hydrogen-bond acceptors (Lipinski definition) is 4. The van der Waals surface area contributed by atoms with Gasteiger partial charge < -0.3 is 0 Å². The van der Waals surface area contributed by atoms with Gasteiger partial charge in [-0.15, -0.1) is 0 Å². The van der Waals surface area contributed by atoms with E-state index in [2.05, 4.69) is 4.72 Å². The minimum atomic E-state index is -3.65. The second kappa shape index (κ2) is 8.02. The standard InChI is InChI=1S/C19H23ClN2O4S2/c1-14(2)13-27(23,24)21-18-6-3-15-9-10-22(12-16(15)11-18)28(25,26)19-7-4-17(20)5-8-19/h3-8,11,14,21H,9-10,12-13H2,1-2H3. The Morgan fingerprint density at radius 2 is 1.71 bits per heavy atom. The van der Waals surface area contributed by atoms with Crippen molar-refractivity contribution >= 4 is 37.3 Å². The first-order chi connectivity index (χ1) is 13.1. The monoisotopic (exact) mass is 442 g/mol. The van der Waals surface area contributed by atoms with Crippen molar-refractivity contribution in [1.29, 1.82) is 0 Å². The van der Waals surface area contributed by atoms with Crippen molar-refractivity contribution in [3.8, 4) is 0 Å². The molecular formula is C19H23ClN2O4S2. The molecule has 3 rings (SSSR count). The van der Waals surface area contributed by atoms with Gasteiger partial charge in [-0.05, 0) is 59.9 Å². The molecule has 152 valence electrons. The summed E-state index contributed by atoms with van der Waals surface area (Å²) in [7, 11) is -7.09. The van der Waals surface area contributed by atoms with Crippen LogP contribution in [0.3, 0.4) is 0 Å². The maximum Gasteiger partial charge on any atom is 0.243 e. The van der Waals surface area contributed by atoms with E-state index in [1.165, 1.54) is 16.4 Å². The van der Waals surface area contributed by atoms with Gasteiger partial charge in [0.05, 0.1) is 10.6 Å². The van der Waals surface area contributed by atoms with Crippen molar-refractivity contribution < 1.29 is 16.8 Å². The van der Waals surface area contributed by atoms with Gasteiger partial charge in [0, 0.05) is 23.8 Å². The normalized spacial score (nSPS) is 15.4. The second-order valence-electron chi connectivity index (χ2n) is 7.30. The minimum Gasteiger partial charge on any atom is -0.284 e. The molecule has 0 aliphatic carbocycles. The lowest BCUT2D eigenvalue weighted by Gasteiger charge is -2.28. The number of anilines is 1. The predicted molar refractivity (Wildman–Crippen MR) is 111 cm³/mol. The van der Waals surface area contributed by atoms with Gasteiger partial charge in [-0.25, -0.2) is 16.8 Å². The Morgan fingerprint density at radius 1 is 1.04 bits per heavy atom. The SMILES string of the molecule is CC(C)CS(=O)(=O)Nc1ccc2c(c1)CN(S(=O)(=O)c1ccc(Cl)cc1)CC2. The lowest BCUT2D eigenvalue weighted by Crippen LogP contribution is -2.36. The lowest BCUT2D eigenvalue weighted by atomic mass is 10.0. The fourth-order valence-electron chi connectivity index (χ4n) is 3.22. The Balaban J connectivity index is 1.83. The summed E-state index contributed by atoms with van der Waals surface area (Å²) in [6.45, 7) is 4.24. The van der Waals surface area contributed by atoms with Crippen molar-refractivity contribution in [1.82, 2.24) is 4.31 Å². The Labute approximate surface area is 171 Å². The van der Waals surface area contributed by atoms with E-state index in [0.29, 0.717) is 23.7 Å². The highest BCUT2D eigenvalue weighted by atomic mass is 35.5. The number of rotatable bonds is 6. The molecule has 2 aromatic rings. The van der Waals surface area contributed by atoms with Crippen LogP contribution >= 0.6 is 11.6 Å². The summed E-state index contributed by atoms with van der Waals surface area (Å²) in [4.78, 5) is 0.189. The molecule has 28 heavy (non-hydrogen) atoms. The summed E-state index contributed by atoms with van der Waals surface area (Å²) in [6.07, 6.45) is 0.571. The summed E-state index contributed by atoms with van der Waals surface area (Å²) in [5.74, 6) is 0.0383. The zero-order valence-electron chi connectivity index (χ0n) is 15.7. The number of fused-ring (bicyclic) bond motifs is 1. The Bertz CT molecular complexity index is 1070. The molecule has 0 aromatic heterocycles. The van der Waals surface area contributed by atoms with E-state index in [4.69, 9.17) is 11.6 Å². The summed E-state index contributed by atoms with van der Waals surface area (Å²) in [5.41, 5.74) is 2.27. The maximum atomic E-state index is 12.9. The van der Waals surface area contributed by atoms with E-state index in [9.17, 15) is 16.8 Å². The Hall–Kier alpha value is -1.61. The number of hydrogen-bond donors (Lipinski definition) is 1. The zero-order valence-corrected chi connectivity index (χ0v) is 18.1. The van der Waals surface area contributed by atoms with E-state index in [1.54, 1.807) is 24.3 Å². The fraction of sp³-hybridized carbons (Fsp3) is 0.368. The smallest absolute Gasteiger partial charge is 0.243 e. The van der Waals surface area contributed by atoms with E-state index < -0.39 is 20.0 Å². The van der Waals surface area contributed by atoms with Crippen LogP contribution in [0.25, 0.3) is 0 Å². The van der Waals surface area contributed by atoms with E-state index >= 15 is 0 Å². The first-order valence-electron chi connectivity index (χ1n) is 8.95. The summed E-state index contributed by atoms with van der Waals surface area (Å²) < 4.78 is 54.2. The van der Waals surface area contributed by atoms with Crippen LogP contribution in [-0.2, 0) is 33.0 Å². The van der Waals surface area contributed by atoms with Crippen LogP contribution < -0.4 is 4.72 Å². The molecular weight excluding hydrogens is 420 g/mol. The van der Waals surface area contributed by atoms with Crippen LogP contribution in [0.5, 0.6) is 0 Å². The number of nitrogens with one attached hydrogen (secondary N) is 1. The summed E-state index contributed by atoms with van der Waals surface area (Å²) >= 11 is 5.85. The van der Waals surface area contributed by atoms with Gasteiger partial charge in [-0.1, -0.05) is 31.5 Å². The van der Waals surface area contributed by atoms with Crippen LogP contribution in [0, 0.1) is 5.92 Å². The zero-order chi connectivity index (χ0) is 20.5. The third-order valence-corrected chi connectivity index (χ3v) is 8.22. The molecule has 1 heterocycles. The number of benzene rings is 2. The number of sulfonamides is 2. The van der Waals surface area contributed by atoms with Gasteiger partial charge in [-0.3, -0.25) is 4.72 Å². The highest BCUT2D eigenvalue weighted by Gasteiger charge is 2.28. The average Bonchev–Trinajstić information content (AvgIpc) is 2.60. The summed E-state index contributed by atoms with van der Waals surface area (Å²) in [5, 5.41) is 0.473. The highest BCUT2D eigenvalue weighted by molar-refractivity contribution is 7.92. The molecule has 0 saturated carbocycles. The van der Waals surface area contributed by atoms with Crippen LogP contribution in [-0.4, -0.2) is 33.4 Å². The third-order valence-electron chi connectivity index (χ3n) is 4.46. The van der Waals surface area contributed by atoms with Crippen molar-refractivity contribution in [3.63, 3.8) is 0 Å². The van der Waals surface area contributed by atoms with E-state index in [1.807, 2.05) is 19.9 Å². The molecule has 0 fully saturated rings. The Kier molecular flexibility index (Phi) is 6.05. The third kappa shape index (κ3) is 4.86. The van der Waals surface area contributed by atoms with Gasteiger partial charge >= 0.3 is 0 Å². The second-order valence-corrected chi connectivity index (χ2v) is 11.4. The van der Waals surface area contributed by atoms with Gasteiger partial charge in [0.2, 0.25) is 20.0 Å². The topological polar surface area (TPSA) is 83.6 Å².